The lowest BCUT2D eigenvalue weighted by molar-refractivity contribution is -0.0344. The maximum atomic E-state index is 9.89. The van der Waals surface area contributed by atoms with Gasteiger partial charge in [-0.25, -0.2) is 0 Å². The molecule has 118 valence electrons. The van der Waals surface area contributed by atoms with Crippen molar-refractivity contribution in [1.29, 1.82) is 0 Å². The Bertz CT molecular complexity index is 290. The number of nitrogens with zero attached hydrogens (tertiary/aromatic N) is 2. The topological polar surface area (TPSA) is 62.0 Å². The highest BCUT2D eigenvalue weighted by Gasteiger charge is 2.34. The molecule has 3 N–H and O–H groups in total. The fraction of sp³-hybridized carbons (Fsp3) is 1.00. The summed E-state index contributed by atoms with van der Waals surface area (Å²) in [5.74, 6) is 0. The van der Waals surface area contributed by atoms with Gasteiger partial charge in [0, 0.05) is 57.8 Å². The Morgan fingerprint density at radius 3 is 2.35 bits per heavy atom. The van der Waals surface area contributed by atoms with Crippen molar-refractivity contribution in [2.45, 2.75) is 32.3 Å². The van der Waals surface area contributed by atoms with E-state index in [4.69, 9.17) is 10.5 Å². The summed E-state index contributed by atoms with van der Waals surface area (Å²) < 4.78 is 5.65. The van der Waals surface area contributed by atoms with E-state index in [-0.39, 0.29) is 5.41 Å². The maximum absolute atomic E-state index is 9.89. The molecule has 5 nitrogen and oxygen atoms in total. The van der Waals surface area contributed by atoms with Crippen molar-refractivity contribution >= 4 is 0 Å². The summed E-state index contributed by atoms with van der Waals surface area (Å²) in [4.78, 5) is 4.87. The van der Waals surface area contributed by atoms with Crippen LogP contribution in [0.25, 0.3) is 0 Å². The normalized spacial score (nSPS) is 30.6. The Hall–Kier alpha value is -0.200. The van der Waals surface area contributed by atoms with Crippen LogP contribution in [0.15, 0.2) is 0 Å². The molecule has 2 aliphatic rings. The van der Waals surface area contributed by atoms with Gasteiger partial charge in [0.2, 0.25) is 0 Å². The first-order chi connectivity index (χ1) is 9.42. The Morgan fingerprint density at radius 2 is 1.85 bits per heavy atom. The van der Waals surface area contributed by atoms with Gasteiger partial charge in [-0.15, -0.1) is 0 Å². The molecule has 2 heterocycles. The molecule has 2 saturated heterocycles. The van der Waals surface area contributed by atoms with E-state index >= 15 is 0 Å². The maximum Gasteiger partial charge on any atom is 0.0718 e. The monoisotopic (exact) mass is 285 g/mol. The molecule has 0 radical (unpaired) electrons. The third-order valence-electron chi connectivity index (χ3n) is 4.47. The summed E-state index contributed by atoms with van der Waals surface area (Å²) in [6, 6.07) is 0. The van der Waals surface area contributed by atoms with Crippen molar-refractivity contribution < 1.29 is 9.84 Å². The van der Waals surface area contributed by atoms with Crippen molar-refractivity contribution in [2.75, 3.05) is 59.0 Å². The van der Waals surface area contributed by atoms with E-state index in [0.29, 0.717) is 0 Å². The average Bonchev–Trinajstić information content (AvgIpc) is 2.40. The molecule has 5 heteroatoms. The number of piperazine rings is 1. The number of rotatable bonds is 5. The molecule has 20 heavy (non-hydrogen) atoms. The molecule has 0 aromatic rings. The van der Waals surface area contributed by atoms with Crippen LogP contribution in [0.3, 0.4) is 0 Å². The Balaban J connectivity index is 1.78. The summed E-state index contributed by atoms with van der Waals surface area (Å²) >= 11 is 0. The third kappa shape index (κ3) is 4.67. The molecule has 0 saturated carbocycles. The van der Waals surface area contributed by atoms with Gasteiger partial charge in [-0.3, -0.25) is 4.90 Å². The molecule has 0 aromatic heterocycles. The van der Waals surface area contributed by atoms with E-state index in [9.17, 15) is 5.11 Å². The molecular formula is C15H31N3O2. The lowest BCUT2D eigenvalue weighted by Gasteiger charge is -2.43. The number of aliphatic hydroxyl groups is 1. The van der Waals surface area contributed by atoms with Crippen LogP contribution in [0.5, 0.6) is 0 Å². The van der Waals surface area contributed by atoms with Crippen LogP contribution in [0, 0.1) is 5.41 Å². The molecule has 0 bridgehead atoms. The van der Waals surface area contributed by atoms with Gasteiger partial charge in [-0.2, -0.15) is 0 Å². The van der Waals surface area contributed by atoms with Crippen LogP contribution in [0.2, 0.25) is 0 Å². The first-order valence-electron chi connectivity index (χ1n) is 7.87. The molecule has 0 aliphatic carbocycles. The average molecular weight is 285 g/mol. The number of ether oxygens (including phenoxy) is 1. The lowest BCUT2D eigenvalue weighted by Crippen LogP contribution is -2.55. The minimum absolute atomic E-state index is 0.163. The van der Waals surface area contributed by atoms with Crippen molar-refractivity contribution in [3.63, 3.8) is 0 Å². The fourth-order valence-electron chi connectivity index (χ4n) is 3.39. The molecule has 2 fully saturated rings. The van der Waals surface area contributed by atoms with Crippen molar-refractivity contribution in [2.24, 2.45) is 11.1 Å². The van der Waals surface area contributed by atoms with E-state index in [0.717, 1.165) is 65.4 Å². The van der Waals surface area contributed by atoms with Crippen LogP contribution in [-0.2, 0) is 4.74 Å². The second kappa shape index (κ2) is 6.71. The number of nitrogens with two attached hydrogens (primary N) is 1. The summed E-state index contributed by atoms with van der Waals surface area (Å²) in [5.41, 5.74) is 5.58. The molecule has 0 amide bonds. The van der Waals surface area contributed by atoms with Crippen LogP contribution >= 0.6 is 0 Å². The van der Waals surface area contributed by atoms with Gasteiger partial charge in [0.1, 0.15) is 0 Å². The van der Waals surface area contributed by atoms with Gasteiger partial charge < -0.3 is 20.5 Å². The van der Waals surface area contributed by atoms with E-state index in [1.165, 1.54) is 6.42 Å². The van der Waals surface area contributed by atoms with Crippen LogP contribution in [0.4, 0.5) is 0 Å². The van der Waals surface area contributed by atoms with Crippen molar-refractivity contribution in [1.82, 2.24) is 9.80 Å². The summed E-state index contributed by atoms with van der Waals surface area (Å²) in [7, 11) is 0. The van der Waals surface area contributed by atoms with Gasteiger partial charge in [-0.05, 0) is 26.7 Å². The molecule has 0 spiro atoms. The SMILES string of the molecule is CC(C)(O)CN1CCN(CC2(CN)CCCOC2)CC1. The largest absolute Gasteiger partial charge is 0.389 e. The molecular weight excluding hydrogens is 254 g/mol. The third-order valence-corrected chi connectivity index (χ3v) is 4.47. The summed E-state index contributed by atoms with van der Waals surface area (Å²) in [6.45, 7) is 12.2. The smallest absolute Gasteiger partial charge is 0.0718 e. The number of β-amino-alcohol motifs (C(OH)–C–C–N with tert-alkyl or cyclic N) is 1. The van der Waals surface area contributed by atoms with E-state index in [2.05, 4.69) is 9.80 Å². The van der Waals surface area contributed by atoms with Crippen LogP contribution in [0.1, 0.15) is 26.7 Å². The highest BCUT2D eigenvalue weighted by Crippen LogP contribution is 2.29. The Morgan fingerprint density at radius 1 is 1.20 bits per heavy atom. The van der Waals surface area contributed by atoms with Crippen LogP contribution < -0.4 is 5.73 Å². The van der Waals surface area contributed by atoms with E-state index in [1.54, 1.807) is 0 Å². The second-order valence-electron chi connectivity index (χ2n) is 7.22. The lowest BCUT2D eigenvalue weighted by atomic mass is 9.82. The Kier molecular flexibility index (Phi) is 5.42. The van der Waals surface area contributed by atoms with Gasteiger partial charge >= 0.3 is 0 Å². The quantitative estimate of drug-likeness (QED) is 0.752. The first-order valence-corrected chi connectivity index (χ1v) is 7.87. The number of hydrogen-bond acceptors (Lipinski definition) is 5. The van der Waals surface area contributed by atoms with Gasteiger partial charge in [0.15, 0.2) is 0 Å². The van der Waals surface area contributed by atoms with E-state index < -0.39 is 5.60 Å². The van der Waals surface area contributed by atoms with Crippen molar-refractivity contribution in [3.8, 4) is 0 Å². The van der Waals surface area contributed by atoms with Gasteiger partial charge in [0.05, 0.1) is 12.2 Å². The molecule has 2 rings (SSSR count). The summed E-state index contributed by atoms with van der Waals surface area (Å²) in [6.07, 6.45) is 2.32. The summed E-state index contributed by atoms with van der Waals surface area (Å²) in [5, 5.41) is 9.89. The molecule has 2 aliphatic heterocycles. The highest BCUT2D eigenvalue weighted by molar-refractivity contribution is 4.88. The van der Waals surface area contributed by atoms with Gasteiger partial charge in [-0.1, -0.05) is 0 Å². The standard InChI is InChI=1S/C15H31N3O2/c1-14(2,19)11-17-5-7-18(8-6-17)12-15(10-16)4-3-9-20-13-15/h19H,3-13,16H2,1-2H3. The van der Waals surface area contributed by atoms with Gasteiger partial charge in [0.25, 0.3) is 0 Å². The highest BCUT2D eigenvalue weighted by atomic mass is 16.5. The predicted molar refractivity (Wildman–Crippen MR) is 80.7 cm³/mol. The van der Waals surface area contributed by atoms with E-state index in [1.807, 2.05) is 13.8 Å². The zero-order valence-electron chi connectivity index (χ0n) is 13.1. The minimum atomic E-state index is -0.599. The molecule has 1 atom stereocenters. The Labute approximate surface area is 123 Å². The second-order valence-corrected chi connectivity index (χ2v) is 7.22. The van der Waals surface area contributed by atoms with Crippen molar-refractivity contribution in [3.05, 3.63) is 0 Å². The first kappa shape index (κ1) is 16.2. The fourth-order valence-corrected chi connectivity index (χ4v) is 3.39. The molecule has 0 aromatic carbocycles. The van der Waals surface area contributed by atoms with Crippen LogP contribution in [-0.4, -0.2) is 79.5 Å². The molecule has 1 unspecified atom stereocenters. The number of hydrogen-bond donors (Lipinski definition) is 2. The zero-order valence-corrected chi connectivity index (χ0v) is 13.1. The minimum Gasteiger partial charge on any atom is -0.389 e. The predicted octanol–water partition coefficient (Wildman–Crippen LogP) is 0.130. The zero-order chi connectivity index (χ0) is 14.6.